The van der Waals surface area contributed by atoms with Gasteiger partial charge in [0.15, 0.2) is 10.8 Å². The molecule has 0 saturated carbocycles. The van der Waals surface area contributed by atoms with Gasteiger partial charge in [-0.3, -0.25) is 0 Å². The molecule has 0 aliphatic carbocycles. The molecule has 1 aliphatic rings. The van der Waals surface area contributed by atoms with Crippen molar-refractivity contribution in [3.05, 3.63) is 52.4 Å². The number of carbonyl (C=O) groups is 1. The highest BCUT2D eigenvalue weighted by molar-refractivity contribution is 9.10. The van der Waals surface area contributed by atoms with Gasteiger partial charge in [-0.15, -0.1) is 0 Å². The van der Waals surface area contributed by atoms with Gasteiger partial charge in [0.2, 0.25) is 5.76 Å². The number of hydrogen-bond acceptors (Lipinski definition) is 6. The molecule has 120 valence electrons. The lowest BCUT2D eigenvalue weighted by Gasteiger charge is -2.08. The first-order chi connectivity index (χ1) is 11.2. The van der Waals surface area contributed by atoms with E-state index in [1.807, 2.05) is 24.3 Å². The highest BCUT2D eigenvalue weighted by Gasteiger charge is 2.24. The Labute approximate surface area is 141 Å². The van der Waals surface area contributed by atoms with Gasteiger partial charge in [-0.05, 0) is 57.9 Å². The van der Waals surface area contributed by atoms with Gasteiger partial charge in [0.05, 0.1) is 12.8 Å². The van der Waals surface area contributed by atoms with Crippen LogP contribution in [0.4, 0.5) is 0 Å². The van der Waals surface area contributed by atoms with Crippen molar-refractivity contribution in [2.75, 3.05) is 13.7 Å². The van der Waals surface area contributed by atoms with E-state index in [2.05, 4.69) is 21.1 Å². The van der Waals surface area contributed by atoms with Gasteiger partial charge >= 0.3 is 5.97 Å². The summed E-state index contributed by atoms with van der Waals surface area (Å²) in [4.78, 5) is 17.1. The molecule has 0 bridgehead atoms. The topological polar surface area (TPSA) is 70.3 Å². The van der Waals surface area contributed by atoms with Crippen LogP contribution in [0.3, 0.4) is 0 Å². The summed E-state index contributed by atoms with van der Waals surface area (Å²) in [5.41, 5.74) is 1.77. The normalized spacial score (nSPS) is 16.6. The molecule has 1 aromatic heterocycles. The van der Waals surface area contributed by atoms with Crippen LogP contribution in [0.15, 0.2) is 50.6 Å². The molecule has 1 aliphatic heterocycles. The molecule has 1 atom stereocenters. The second-order valence-corrected chi connectivity index (χ2v) is 5.68. The highest BCUT2D eigenvalue weighted by Crippen LogP contribution is 2.20. The van der Waals surface area contributed by atoms with Crippen molar-refractivity contribution in [3.8, 4) is 5.75 Å². The Kier molecular flexibility index (Phi) is 4.66. The third-order valence-corrected chi connectivity index (χ3v) is 3.76. The molecule has 2 heterocycles. The zero-order chi connectivity index (χ0) is 16.2. The summed E-state index contributed by atoms with van der Waals surface area (Å²) in [6, 6.07) is 10.7. The van der Waals surface area contributed by atoms with Crippen molar-refractivity contribution < 1.29 is 23.5 Å². The van der Waals surface area contributed by atoms with E-state index in [4.69, 9.17) is 18.7 Å². The average molecular weight is 380 g/mol. The lowest BCUT2D eigenvalue weighted by molar-refractivity contribution is 0.00466. The SMILES string of the molecule is COc1ccc(C2=NOC(COC(=O)c3ccc(Br)o3)C2)cc1. The Morgan fingerprint density at radius 3 is 2.74 bits per heavy atom. The Hall–Kier alpha value is -2.28. The van der Waals surface area contributed by atoms with Crippen molar-refractivity contribution >= 4 is 27.6 Å². The van der Waals surface area contributed by atoms with Crippen LogP contribution in [0.2, 0.25) is 0 Å². The maximum absolute atomic E-state index is 11.8. The van der Waals surface area contributed by atoms with Gasteiger partial charge in [-0.25, -0.2) is 4.79 Å². The van der Waals surface area contributed by atoms with Crippen molar-refractivity contribution in [2.24, 2.45) is 5.16 Å². The molecule has 0 saturated heterocycles. The van der Waals surface area contributed by atoms with Crippen molar-refractivity contribution in [1.29, 1.82) is 0 Å². The summed E-state index contributed by atoms with van der Waals surface area (Å²) < 4.78 is 15.9. The molecule has 0 N–H and O–H groups in total. The third-order valence-electron chi connectivity index (χ3n) is 3.33. The average Bonchev–Trinajstić information content (AvgIpc) is 3.22. The van der Waals surface area contributed by atoms with Gasteiger partial charge < -0.3 is 18.7 Å². The maximum atomic E-state index is 11.8. The van der Waals surface area contributed by atoms with Crippen LogP contribution in [0.5, 0.6) is 5.75 Å². The summed E-state index contributed by atoms with van der Waals surface area (Å²) in [5, 5.41) is 4.05. The number of halogens is 1. The maximum Gasteiger partial charge on any atom is 0.374 e. The minimum atomic E-state index is -0.530. The summed E-state index contributed by atoms with van der Waals surface area (Å²) in [6.07, 6.45) is 0.274. The molecular formula is C16H14BrNO5. The van der Waals surface area contributed by atoms with Crippen LogP contribution in [-0.4, -0.2) is 31.5 Å². The largest absolute Gasteiger partial charge is 0.497 e. The molecule has 0 amide bonds. The predicted octanol–water partition coefficient (Wildman–Crippen LogP) is 3.40. The van der Waals surface area contributed by atoms with E-state index in [1.165, 1.54) is 0 Å². The number of benzene rings is 1. The van der Waals surface area contributed by atoms with Crippen LogP contribution < -0.4 is 4.74 Å². The van der Waals surface area contributed by atoms with Crippen molar-refractivity contribution in [3.63, 3.8) is 0 Å². The van der Waals surface area contributed by atoms with E-state index in [0.717, 1.165) is 17.0 Å². The van der Waals surface area contributed by atoms with Gasteiger partial charge in [-0.2, -0.15) is 0 Å². The van der Waals surface area contributed by atoms with Crippen LogP contribution >= 0.6 is 15.9 Å². The van der Waals surface area contributed by atoms with E-state index in [-0.39, 0.29) is 18.5 Å². The standard InChI is InChI=1S/C16H14BrNO5/c1-20-11-4-2-10(3-5-11)13-8-12(23-18-13)9-21-16(19)14-6-7-15(17)22-14/h2-7,12H,8-9H2,1H3. The Morgan fingerprint density at radius 1 is 1.30 bits per heavy atom. The van der Waals surface area contributed by atoms with Crippen LogP contribution in [0.25, 0.3) is 0 Å². The van der Waals surface area contributed by atoms with Gasteiger partial charge in [0.25, 0.3) is 0 Å². The number of carbonyl (C=O) groups excluding carboxylic acids is 1. The second-order valence-electron chi connectivity index (χ2n) is 4.90. The molecule has 0 radical (unpaired) electrons. The Balaban J connectivity index is 1.51. The first-order valence-electron chi connectivity index (χ1n) is 6.95. The predicted molar refractivity (Wildman–Crippen MR) is 85.7 cm³/mol. The molecule has 2 aromatic rings. The van der Waals surface area contributed by atoms with Crippen LogP contribution in [-0.2, 0) is 9.57 Å². The number of rotatable bonds is 5. The quantitative estimate of drug-likeness (QED) is 0.744. The van der Waals surface area contributed by atoms with Crippen LogP contribution in [0.1, 0.15) is 22.5 Å². The number of methoxy groups -OCH3 is 1. The molecular weight excluding hydrogens is 366 g/mol. The molecule has 0 fully saturated rings. The number of furan rings is 1. The van der Waals surface area contributed by atoms with E-state index in [0.29, 0.717) is 11.1 Å². The first-order valence-corrected chi connectivity index (χ1v) is 7.74. The third kappa shape index (κ3) is 3.73. The molecule has 6 nitrogen and oxygen atoms in total. The molecule has 3 rings (SSSR count). The van der Waals surface area contributed by atoms with E-state index >= 15 is 0 Å². The number of hydrogen-bond donors (Lipinski definition) is 0. The van der Waals surface area contributed by atoms with Gasteiger partial charge in [-0.1, -0.05) is 5.16 Å². The molecule has 0 spiro atoms. The van der Waals surface area contributed by atoms with Gasteiger partial charge in [0, 0.05) is 6.42 Å². The Morgan fingerprint density at radius 2 is 2.09 bits per heavy atom. The fraction of sp³-hybridized carbons (Fsp3) is 0.250. The van der Waals surface area contributed by atoms with Crippen molar-refractivity contribution in [1.82, 2.24) is 0 Å². The summed E-state index contributed by atoms with van der Waals surface area (Å²) in [6.45, 7) is 0.111. The number of ether oxygens (including phenoxy) is 2. The second kappa shape index (κ2) is 6.87. The minimum absolute atomic E-state index is 0.111. The fourth-order valence-electron chi connectivity index (χ4n) is 2.14. The summed E-state index contributed by atoms with van der Waals surface area (Å²) in [5.74, 6) is 0.395. The zero-order valence-corrected chi connectivity index (χ0v) is 13.9. The smallest absolute Gasteiger partial charge is 0.374 e. The molecule has 7 heteroatoms. The number of oxime groups is 1. The highest BCUT2D eigenvalue weighted by atomic mass is 79.9. The molecule has 1 aromatic carbocycles. The monoisotopic (exact) mass is 379 g/mol. The lowest BCUT2D eigenvalue weighted by Crippen LogP contribution is -2.19. The van der Waals surface area contributed by atoms with E-state index in [1.54, 1.807) is 19.2 Å². The van der Waals surface area contributed by atoms with E-state index < -0.39 is 5.97 Å². The summed E-state index contributed by atoms with van der Waals surface area (Å²) in [7, 11) is 1.62. The van der Waals surface area contributed by atoms with Crippen LogP contribution in [0, 0.1) is 0 Å². The fourth-order valence-corrected chi connectivity index (χ4v) is 2.44. The minimum Gasteiger partial charge on any atom is -0.497 e. The molecule has 1 unspecified atom stereocenters. The Bertz CT molecular complexity index is 722. The summed E-state index contributed by atoms with van der Waals surface area (Å²) >= 11 is 3.14. The molecule has 23 heavy (non-hydrogen) atoms. The van der Waals surface area contributed by atoms with E-state index in [9.17, 15) is 4.79 Å². The zero-order valence-electron chi connectivity index (χ0n) is 12.3. The van der Waals surface area contributed by atoms with Gasteiger partial charge in [0.1, 0.15) is 12.4 Å². The number of nitrogens with zero attached hydrogens (tertiary/aromatic N) is 1. The number of esters is 1. The lowest BCUT2D eigenvalue weighted by atomic mass is 10.1. The van der Waals surface area contributed by atoms with Crippen molar-refractivity contribution in [2.45, 2.75) is 12.5 Å². The first kappa shape index (κ1) is 15.6.